The number of primary amides is 1. The number of nitrogens with two attached hydrogens (primary N) is 1. The number of amides is 1. The van der Waals surface area contributed by atoms with Crippen molar-refractivity contribution in [1.82, 2.24) is 19.7 Å². The lowest BCUT2D eigenvalue weighted by atomic mass is 10.2. The van der Waals surface area contributed by atoms with E-state index in [9.17, 15) is 4.79 Å². The summed E-state index contributed by atoms with van der Waals surface area (Å²) in [4.78, 5) is 17.4. The molecule has 7 heteroatoms. The average Bonchev–Trinajstić information content (AvgIpc) is 3.14. The highest BCUT2D eigenvalue weighted by Gasteiger charge is 2.27. The van der Waals surface area contributed by atoms with E-state index in [-0.39, 0.29) is 11.7 Å². The summed E-state index contributed by atoms with van der Waals surface area (Å²) in [5.41, 5.74) is 7.02. The summed E-state index contributed by atoms with van der Waals surface area (Å²) in [6.45, 7) is 1.27. The first-order valence-corrected chi connectivity index (χ1v) is 6.64. The normalized spacial score (nSPS) is 17.7. The molecule has 106 valence electrons. The lowest BCUT2D eigenvalue weighted by molar-refractivity contribution is 0.0994. The summed E-state index contributed by atoms with van der Waals surface area (Å²) < 4.78 is 1.76. The van der Waals surface area contributed by atoms with E-state index in [0.717, 1.165) is 17.8 Å². The number of hydrogen-bond acceptors (Lipinski definition) is 5. The Kier molecular flexibility index (Phi) is 3.28. The van der Waals surface area contributed by atoms with Crippen molar-refractivity contribution >= 4 is 5.91 Å². The summed E-state index contributed by atoms with van der Waals surface area (Å²) >= 11 is 0. The predicted molar refractivity (Wildman–Crippen MR) is 74.8 cm³/mol. The van der Waals surface area contributed by atoms with Gasteiger partial charge in [-0.25, -0.2) is 0 Å². The molecular formula is C14H14N6O. The van der Waals surface area contributed by atoms with Crippen LogP contribution in [0.25, 0.3) is 11.4 Å². The molecular weight excluding hydrogens is 268 g/mol. The molecule has 1 fully saturated rings. The van der Waals surface area contributed by atoms with E-state index < -0.39 is 5.91 Å². The fraction of sp³-hybridized carbons (Fsp3) is 0.286. The number of likely N-dealkylation sites (tertiary alicyclic amines) is 1. The van der Waals surface area contributed by atoms with Gasteiger partial charge in [-0.1, -0.05) is 6.07 Å². The first-order chi connectivity index (χ1) is 10.2. The zero-order chi connectivity index (χ0) is 14.8. The summed E-state index contributed by atoms with van der Waals surface area (Å²) in [6.07, 6.45) is 4.62. The van der Waals surface area contributed by atoms with Gasteiger partial charge >= 0.3 is 0 Å². The first-order valence-electron chi connectivity index (χ1n) is 6.64. The molecule has 0 aromatic carbocycles. The van der Waals surface area contributed by atoms with E-state index in [1.165, 1.54) is 0 Å². The third-order valence-corrected chi connectivity index (χ3v) is 3.57. The van der Waals surface area contributed by atoms with Gasteiger partial charge in [0.1, 0.15) is 0 Å². The van der Waals surface area contributed by atoms with E-state index in [2.05, 4.69) is 16.3 Å². The van der Waals surface area contributed by atoms with Gasteiger partial charge in [-0.2, -0.15) is 10.4 Å². The maximum atomic E-state index is 11.4. The smallest absolute Gasteiger partial charge is 0.269 e. The highest BCUT2D eigenvalue weighted by atomic mass is 16.1. The molecule has 2 aromatic heterocycles. The minimum Gasteiger partial charge on any atom is -0.364 e. The summed E-state index contributed by atoms with van der Waals surface area (Å²) in [6, 6.07) is 7.25. The zero-order valence-corrected chi connectivity index (χ0v) is 11.3. The van der Waals surface area contributed by atoms with Crippen LogP contribution in [0.2, 0.25) is 0 Å². The molecule has 2 aromatic rings. The second kappa shape index (κ2) is 5.25. The molecule has 0 bridgehead atoms. The number of pyridine rings is 1. The predicted octanol–water partition coefficient (Wildman–Crippen LogP) is 0.772. The van der Waals surface area contributed by atoms with Gasteiger partial charge in [0.05, 0.1) is 24.0 Å². The second-order valence-electron chi connectivity index (χ2n) is 4.93. The third kappa shape index (κ3) is 2.43. The van der Waals surface area contributed by atoms with Crippen molar-refractivity contribution in [3.05, 3.63) is 36.2 Å². The first kappa shape index (κ1) is 13.1. The maximum Gasteiger partial charge on any atom is 0.269 e. The molecule has 1 amide bonds. The summed E-state index contributed by atoms with van der Waals surface area (Å²) in [7, 11) is 0. The molecule has 0 unspecified atom stereocenters. The van der Waals surface area contributed by atoms with Crippen LogP contribution in [0.3, 0.4) is 0 Å². The van der Waals surface area contributed by atoms with E-state index in [1.807, 2.05) is 18.2 Å². The SMILES string of the molecule is N#CN1CC[C@@H](n2nc(C(N)=O)cc2-c2ccccn2)C1. The van der Waals surface area contributed by atoms with Gasteiger partial charge in [-0.15, -0.1) is 0 Å². The quantitative estimate of drug-likeness (QED) is 0.838. The van der Waals surface area contributed by atoms with Crippen LogP contribution in [0, 0.1) is 11.5 Å². The molecule has 7 nitrogen and oxygen atoms in total. The van der Waals surface area contributed by atoms with Crippen LogP contribution in [0.15, 0.2) is 30.5 Å². The molecule has 1 aliphatic rings. The van der Waals surface area contributed by atoms with E-state index in [1.54, 1.807) is 21.8 Å². The number of nitriles is 1. The minimum atomic E-state index is -0.568. The fourth-order valence-corrected chi connectivity index (χ4v) is 2.53. The van der Waals surface area contributed by atoms with Gasteiger partial charge in [0, 0.05) is 12.7 Å². The van der Waals surface area contributed by atoms with Crippen LogP contribution in [0.5, 0.6) is 0 Å². The topological polar surface area (TPSA) is 101 Å². The number of carbonyl (C=O) groups excluding carboxylic acids is 1. The van der Waals surface area contributed by atoms with Crippen molar-refractivity contribution in [2.45, 2.75) is 12.5 Å². The Morgan fingerprint density at radius 2 is 2.33 bits per heavy atom. The van der Waals surface area contributed by atoms with Crippen LogP contribution >= 0.6 is 0 Å². The van der Waals surface area contributed by atoms with Crippen LogP contribution < -0.4 is 5.73 Å². The number of rotatable bonds is 3. The van der Waals surface area contributed by atoms with Crippen molar-refractivity contribution < 1.29 is 4.79 Å². The highest BCUT2D eigenvalue weighted by molar-refractivity contribution is 5.91. The molecule has 3 heterocycles. The lowest BCUT2D eigenvalue weighted by Gasteiger charge is -2.13. The standard InChI is InChI=1S/C14H14N6O/c15-9-19-6-4-10(8-19)20-13(7-12(18-20)14(16)21)11-3-1-2-5-17-11/h1-3,5,7,10H,4,6,8H2,(H2,16,21)/t10-/m1/s1. The molecule has 0 saturated carbocycles. The number of nitrogens with zero attached hydrogens (tertiary/aromatic N) is 5. The van der Waals surface area contributed by atoms with Crippen molar-refractivity contribution in [2.75, 3.05) is 13.1 Å². The maximum absolute atomic E-state index is 11.4. The Morgan fingerprint density at radius 3 is 2.95 bits per heavy atom. The van der Waals surface area contributed by atoms with Crippen LogP contribution in [-0.2, 0) is 0 Å². The van der Waals surface area contributed by atoms with E-state index in [0.29, 0.717) is 13.1 Å². The number of aromatic nitrogens is 3. The molecule has 21 heavy (non-hydrogen) atoms. The molecule has 3 rings (SSSR count). The van der Waals surface area contributed by atoms with Gasteiger partial charge in [0.2, 0.25) is 0 Å². The molecule has 2 N–H and O–H groups in total. The summed E-state index contributed by atoms with van der Waals surface area (Å²) in [5, 5.41) is 13.3. The summed E-state index contributed by atoms with van der Waals surface area (Å²) in [5.74, 6) is -0.568. The second-order valence-corrected chi connectivity index (χ2v) is 4.93. The molecule has 0 spiro atoms. The van der Waals surface area contributed by atoms with Gasteiger partial charge in [0.25, 0.3) is 5.91 Å². The zero-order valence-electron chi connectivity index (χ0n) is 11.3. The van der Waals surface area contributed by atoms with Crippen molar-refractivity contribution in [2.24, 2.45) is 5.73 Å². The van der Waals surface area contributed by atoms with E-state index in [4.69, 9.17) is 11.0 Å². The highest BCUT2D eigenvalue weighted by Crippen LogP contribution is 2.27. The largest absolute Gasteiger partial charge is 0.364 e. The Bertz CT molecular complexity index is 702. The molecule has 1 atom stereocenters. The van der Waals surface area contributed by atoms with Crippen LogP contribution in [0.1, 0.15) is 23.0 Å². The van der Waals surface area contributed by atoms with Gasteiger partial charge in [0.15, 0.2) is 11.9 Å². The average molecular weight is 282 g/mol. The minimum absolute atomic E-state index is 0.0368. The van der Waals surface area contributed by atoms with Gasteiger partial charge < -0.3 is 10.6 Å². The number of carbonyl (C=O) groups is 1. The molecule has 1 saturated heterocycles. The fourth-order valence-electron chi connectivity index (χ4n) is 2.53. The van der Waals surface area contributed by atoms with E-state index >= 15 is 0 Å². The lowest BCUT2D eigenvalue weighted by Crippen LogP contribution is -2.18. The van der Waals surface area contributed by atoms with Crippen LogP contribution in [0.4, 0.5) is 0 Å². The Morgan fingerprint density at radius 1 is 1.48 bits per heavy atom. The molecule has 0 aliphatic carbocycles. The Labute approximate surface area is 121 Å². The monoisotopic (exact) mass is 282 g/mol. The molecule has 1 aliphatic heterocycles. The van der Waals surface area contributed by atoms with Crippen LogP contribution in [-0.4, -0.2) is 38.7 Å². The third-order valence-electron chi connectivity index (χ3n) is 3.57. The van der Waals surface area contributed by atoms with Gasteiger partial charge in [-0.05, 0) is 24.6 Å². The van der Waals surface area contributed by atoms with Crippen molar-refractivity contribution in [3.63, 3.8) is 0 Å². The Hall–Kier alpha value is -2.88. The van der Waals surface area contributed by atoms with Crippen molar-refractivity contribution in [3.8, 4) is 17.6 Å². The Balaban J connectivity index is 2.03. The van der Waals surface area contributed by atoms with Crippen molar-refractivity contribution in [1.29, 1.82) is 5.26 Å². The molecule has 0 radical (unpaired) electrons. The van der Waals surface area contributed by atoms with Gasteiger partial charge in [-0.3, -0.25) is 14.5 Å². The number of hydrogen-bond donors (Lipinski definition) is 1.